The summed E-state index contributed by atoms with van der Waals surface area (Å²) in [5.74, 6) is -0.541. The second kappa shape index (κ2) is 8.20. The Morgan fingerprint density at radius 3 is 2.59 bits per heavy atom. The van der Waals surface area contributed by atoms with Gasteiger partial charge in [0.1, 0.15) is 11.6 Å². The van der Waals surface area contributed by atoms with Gasteiger partial charge in [-0.15, -0.1) is 0 Å². The highest BCUT2D eigenvalue weighted by molar-refractivity contribution is 5.66. The molecule has 0 unspecified atom stereocenters. The lowest BCUT2D eigenvalue weighted by Gasteiger charge is -2.14. The zero-order valence-corrected chi connectivity index (χ0v) is 18.1. The number of fused-ring (bicyclic) bond motifs is 1. The lowest BCUT2D eigenvalue weighted by Crippen LogP contribution is -2.13. The Morgan fingerprint density at radius 2 is 1.78 bits per heavy atom. The Morgan fingerprint density at radius 1 is 0.938 bits per heavy atom. The summed E-state index contributed by atoms with van der Waals surface area (Å²) in [5.41, 5.74) is 6.54. The first-order valence-electron chi connectivity index (χ1n) is 10.6. The average molecular weight is 431 g/mol. The molecule has 162 valence electrons. The maximum Gasteiger partial charge on any atom is 0.146 e. The molecule has 0 saturated carbocycles. The van der Waals surface area contributed by atoms with Gasteiger partial charge in [-0.3, -0.25) is 9.58 Å². The van der Waals surface area contributed by atoms with E-state index in [4.69, 9.17) is 5.10 Å². The van der Waals surface area contributed by atoms with Crippen molar-refractivity contribution in [2.75, 3.05) is 12.4 Å². The van der Waals surface area contributed by atoms with Crippen molar-refractivity contribution in [2.24, 2.45) is 0 Å². The molecule has 1 aromatic heterocycles. The van der Waals surface area contributed by atoms with Crippen molar-refractivity contribution >= 4 is 11.4 Å². The predicted octanol–water partition coefficient (Wildman–Crippen LogP) is 5.87. The molecule has 2 heterocycles. The number of aryl methyl sites for hydroxylation is 1. The largest absolute Gasteiger partial charge is 0.353 e. The van der Waals surface area contributed by atoms with E-state index >= 15 is 0 Å². The van der Waals surface area contributed by atoms with Gasteiger partial charge >= 0.3 is 0 Å². The molecule has 3 aromatic carbocycles. The Bertz CT molecular complexity index is 1290. The number of rotatable bonds is 5. The lowest BCUT2D eigenvalue weighted by atomic mass is 10.1. The number of benzene rings is 3. The van der Waals surface area contributed by atoms with Gasteiger partial charge in [-0.2, -0.15) is 5.10 Å². The molecule has 0 saturated heterocycles. The number of aromatic nitrogens is 2. The summed E-state index contributed by atoms with van der Waals surface area (Å²) < 4.78 is 30.9. The molecule has 0 aliphatic carbocycles. The van der Waals surface area contributed by atoms with Crippen LogP contribution >= 0.6 is 0 Å². The van der Waals surface area contributed by atoms with Crippen LogP contribution in [0.4, 0.5) is 20.2 Å². The van der Waals surface area contributed by atoms with E-state index in [2.05, 4.69) is 10.2 Å². The van der Waals surface area contributed by atoms with Gasteiger partial charge in [-0.05, 0) is 61.5 Å². The number of halogens is 2. The summed E-state index contributed by atoms with van der Waals surface area (Å²) in [5, 5.41) is 7.97. The van der Waals surface area contributed by atoms with E-state index in [1.54, 1.807) is 18.2 Å². The maximum atomic E-state index is 14.7. The van der Waals surface area contributed by atoms with E-state index in [9.17, 15) is 8.78 Å². The highest BCUT2D eigenvalue weighted by Gasteiger charge is 2.27. The third-order valence-electron chi connectivity index (χ3n) is 5.77. The number of hydrogen-bond donors (Lipinski definition) is 1. The summed E-state index contributed by atoms with van der Waals surface area (Å²) >= 11 is 0. The van der Waals surface area contributed by atoms with Crippen molar-refractivity contribution < 1.29 is 8.78 Å². The molecule has 0 spiro atoms. The van der Waals surface area contributed by atoms with Crippen molar-refractivity contribution in [1.82, 2.24) is 14.7 Å². The van der Waals surface area contributed by atoms with Gasteiger partial charge in [0.2, 0.25) is 0 Å². The summed E-state index contributed by atoms with van der Waals surface area (Å²) in [4.78, 5) is 2.17. The fourth-order valence-electron chi connectivity index (χ4n) is 4.29. The van der Waals surface area contributed by atoms with Gasteiger partial charge in [0.05, 0.1) is 23.6 Å². The van der Waals surface area contributed by atoms with Crippen LogP contribution in [0.3, 0.4) is 0 Å². The minimum Gasteiger partial charge on any atom is -0.353 e. The predicted molar refractivity (Wildman–Crippen MR) is 123 cm³/mol. The van der Waals surface area contributed by atoms with Crippen molar-refractivity contribution in [3.63, 3.8) is 0 Å². The maximum absolute atomic E-state index is 14.7. The number of nitrogens with zero attached hydrogens (tertiary/aromatic N) is 3. The van der Waals surface area contributed by atoms with Crippen LogP contribution in [0.1, 0.15) is 22.4 Å². The van der Waals surface area contributed by atoms with Crippen molar-refractivity contribution in [3.8, 4) is 11.3 Å². The Hall–Kier alpha value is -3.51. The summed E-state index contributed by atoms with van der Waals surface area (Å²) in [6, 6.07) is 19.8. The number of nitrogens with one attached hydrogen (secondary N) is 1. The highest BCUT2D eigenvalue weighted by atomic mass is 19.1. The number of hydrogen-bond acceptors (Lipinski definition) is 3. The smallest absolute Gasteiger partial charge is 0.146 e. The molecule has 1 N–H and O–H groups in total. The molecular weight excluding hydrogens is 406 g/mol. The van der Waals surface area contributed by atoms with E-state index in [0.29, 0.717) is 17.8 Å². The van der Waals surface area contributed by atoms with E-state index < -0.39 is 0 Å². The van der Waals surface area contributed by atoms with Crippen molar-refractivity contribution in [2.45, 2.75) is 26.6 Å². The van der Waals surface area contributed by atoms with Gasteiger partial charge in [0.25, 0.3) is 0 Å². The topological polar surface area (TPSA) is 33.1 Å². The van der Waals surface area contributed by atoms with Gasteiger partial charge < -0.3 is 5.32 Å². The van der Waals surface area contributed by atoms with Gasteiger partial charge in [0, 0.05) is 29.9 Å². The molecule has 5 rings (SSSR count). The molecule has 1 aliphatic heterocycles. The van der Waals surface area contributed by atoms with E-state index in [-0.39, 0.29) is 11.6 Å². The lowest BCUT2D eigenvalue weighted by molar-refractivity contribution is 0.346. The molecule has 0 fully saturated rings. The summed E-state index contributed by atoms with van der Waals surface area (Å²) in [7, 11) is 2.04. The fraction of sp³-hybridized carbons (Fsp3) is 0.192. The van der Waals surface area contributed by atoms with E-state index in [1.807, 2.05) is 55.1 Å². The van der Waals surface area contributed by atoms with Crippen LogP contribution in [0, 0.1) is 18.6 Å². The molecular formula is C26H24F2N4. The molecule has 0 atom stereocenters. The molecule has 32 heavy (non-hydrogen) atoms. The summed E-state index contributed by atoms with van der Waals surface area (Å²) in [6.07, 6.45) is 0. The van der Waals surface area contributed by atoms with Gasteiger partial charge in [0.15, 0.2) is 0 Å². The third kappa shape index (κ3) is 3.89. The van der Waals surface area contributed by atoms with Crippen LogP contribution in [0.25, 0.3) is 11.3 Å². The molecule has 4 aromatic rings. The quantitative estimate of drug-likeness (QED) is 0.430. The molecule has 6 heteroatoms. The summed E-state index contributed by atoms with van der Waals surface area (Å²) in [6.45, 7) is 3.84. The van der Waals surface area contributed by atoms with Crippen molar-refractivity contribution in [1.29, 1.82) is 0 Å². The van der Waals surface area contributed by atoms with Gasteiger partial charge in [-0.25, -0.2) is 8.78 Å². The Kier molecular flexibility index (Phi) is 5.23. The second-order valence-corrected chi connectivity index (χ2v) is 8.39. The van der Waals surface area contributed by atoms with Crippen LogP contribution < -0.4 is 5.32 Å². The Labute approximate surface area is 186 Å². The van der Waals surface area contributed by atoms with Crippen LogP contribution in [-0.2, 0) is 19.6 Å². The highest BCUT2D eigenvalue weighted by Crippen LogP contribution is 2.34. The van der Waals surface area contributed by atoms with Crippen LogP contribution in [-0.4, -0.2) is 21.7 Å². The molecule has 0 radical (unpaired) electrons. The van der Waals surface area contributed by atoms with E-state index in [0.717, 1.165) is 46.9 Å². The third-order valence-corrected chi connectivity index (χ3v) is 5.77. The monoisotopic (exact) mass is 430 g/mol. The van der Waals surface area contributed by atoms with Crippen LogP contribution in [0.2, 0.25) is 0 Å². The zero-order valence-electron chi connectivity index (χ0n) is 18.1. The second-order valence-electron chi connectivity index (χ2n) is 8.39. The first-order valence-corrected chi connectivity index (χ1v) is 10.6. The van der Waals surface area contributed by atoms with Crippen LogP contribution in [0.15, 0.2) is 66.7 Å². The number of anilines is 2. The first-order chi connectivity index (χ1) is 15.5. The zero-order chi connectivity index (χ0) is 22.2. The average Bonchev–Trinajstić information content (AvgIpc) is 3.26. The molecule has 4 nitrogen and oxygen atoms in total. The molecule has 0 amide bonds. The normalized spacial score (nSPS) is 13.4. The minimum atomic E-state index is -0.287. The van der Waals surface area contributed by atoms with E-state index in [1.165, 1.54) is 12.1 Å². The fourth-order valence-corrected chi connectivity index (χ4v) is 4.29. The standard InChI is InChI=1S/C26H24F2N4/c1-17-10-11-24(23(28)12-17)29-19-7-5-6-18(13-19)14-32-26(20-8-3-4-9-22(20)27)21-15-31(2)16-25(21)30-32/h3-13,29H,14-16H2,1-2H3. The molecule has 0 bridgehead atoms. The Balaban J connectivity index is 1.48. The minimum absolute atomic E-state index is 0.253. The SMILES string of the molecule is Cc1ccc(Nc2cccc(Cn3nc4c(c3-c3ccccc3F)CN(C)C4)c2)c(F)c1. The van der Waals surface area contributed by atoms with Gasteiger partial charge in [-0.1, -0.05) is 30.3 Å². The first kappa shape index (κ1) is 20.4. The molecule has 1 aliphatic rings. The van der Waals surface area contributed by atoms with Crippen molar-refractivity contribution in [3.05, 3.63) is 101 Å². The van der Waals surface area contributed by atoms with Crippen LogP contribution in [0.5, 0.6) is 0 Å².